The van der Waals surface area contributed by atoms with E-state index in [-0.39, 0.29) is 46.7 Å². The third-order valence-corrected chi connectivity index (χ3v) is 7.12. The topological polar surface area (TPSA) is 91.5 Å². The molecule has 2 bridgehead atoms. The van der Waals surface area contributed by atoms with Gasteiger partial charge < -0.3 is 20.7 Å². The third kappa shape index (κ3) is 4.96. The van der Waals surface area contributed by atoms with E-state index in [4.69, 9.17) is 16.3 Å². The van der Waals surface area contributed by atoms with E-state index in [2.05, 4.69) is 28.2 Å². The summed E-state index contributed by atoms with van der Waals surface area (Å²) < 4.78 is 18.8. The highest BCUT2D eigenvalue weighted by molar-refractivity contribution is 6.30. The monoisotopic (exact) mass is 452 g/mol. The predicted octanol–water partition coefficient (Wildman–Crippen LogP) is 1.95. The molecule has 4 aliphatic rings. The molecule has 2 amide bonds. The first-order valence-corrected chi connectivity index (χ1v) is 11.4. The molecule has 170 valence electrons. The van der Waals surface area contributed by atoms with Crippen LogP contribution in [0.3, 0.4) is 0 Å². The highest BCUT2D eigenvalue weighted by Crippen LogP contribution is 2.58. The zero-order valence-corrected chi connectivity index (χ0v) is 18.4. The molecule has 5 rings (SSSR count). The molecule has 0 radical (unpaired) electrons. The Hall–Kier alpha value is -1.90. The zero-order valence-electron chi connectivity index (χ0n) is 17.7. The summed E-state index contributed by atoms with van der Waals surface area (Å²) in [6.07, 6.45) is 4.58. The molecule has 1 aromatic carbocycles. The molecule has 4 fully saturated rings. The minimum absolute atomic E-state index is 0.00669. The molecular weight excluding hydrogens is 423 g/mol. The number of fused-ring (bicyclic) bond motifs is 1. The lowest BCUT2D eigenvalue weighted by atomic mass is 9.69. The van der Waals surface area contributed by atoms with Gasteiger partial charge in [0, 0.05) is 24.7 Å². The Morgan fingerprint density at radius 2 is 2.13 bits per heavy atom. The Morgan fingerprint density at radius 3 is 2.87 bits per heavy atom. The Bertz CT molecular complexity index is 833. The SMILES string of the molecule is CCC1NCCC(CNC(=O)C23CC(C2)[C@@H](NC(=O)COc2ccc(Cl)c(F)c2)C3)N1. The Labute approximate surface area is 186 Å². The van der Waals surface area contributed by atoms with Crippen LogP contribution < -0.4 is 26.0 Å². The van der Waals surface area contributed by atoms with Gasteiger partial charge in [-0.25, -0.2) is 4.39 Å². The zero-order chi connectivity index (χ0) is 22.0. The van der Waals surface area contributed by atoms with Crippen molar-refractivity contribution in [3.63, 3.8) is 0 Å². The van der Waals surface area contributed by atoms with Crippen LogP contribution in [0.2, 0.25) is 5.02 Å². The summed E-state index contributed by atoms with van der Waals surface area (Å²) in [5.74, 6) is -0.187. The fourth-order valence-electron chi connectivity index (χ4n) is 5.08. The number of carbonyl (C=O) groups excluding carboxylic acids is 2. The normalized spacial score (nSPS) is 31.6. The van der Waals surface area contributed by atoms with E-state index in [1.807, 2.05) is 0 Å². The van der Waals surface area contributed by atoms with E-state index >= 15 is 0 Å². The molecule has 2 unspecified atom stereocenters. The average molecular weight is 453 g/mol. The fraction of sp³-hybridized carbons (Fsp3) is 0.636. The number of carbonyl (C=O) groups is 2. The van der Waals surface area contributed by atoms with Crippen LogP contribution in [0, 0.1) is 17.2 Å². The van der Waals surface area contributed by atoms with Crippen LogP contribution >= 0.6 is 11.6 Å². The average Bonchev–Trinajstić information content (AvgIpc) is 3.28. The van der Waals surface area contributed by atoms with Crippen LogP contribution in [-0.2, 0) is 9.59 Å². The quantitative estimate of drug-likeness (QED) is 0.484. The number of amides is 2. The summed E-state index contributed by atoms with van der Waals surface area (Å²) in [4.78, 5) is 25.1. The van der Waals surface area contributed by atoms with Crippen LogP contribution in [0.15, 0.2) is 18.2 Å². The number of benzene rings is 1. The lowest BCUT2D eigenvalue weighted by molar-refractivity contribution is -0.135. The predicted molar refractivity (Wildman–Crippen MR) is 115 cm³/mol. The second kappa shape index (κ2) is 9.30. The summed E-state index contributed by atoms with van der Waals surface area (Å²) in [6.45, 7) is 3.51. The fourth-order valence-corrected chi connectivity index (χ4v) is 5.20. The van der Waals surface area contributed by atoms with E-state index in [0.29, 0.717) is 25.0 Å². The minimum Gasteiger partial charge on any atom is -0.484 e. The van der Waals surface area contributed by atoms with Crippen molar-refractivity contribution in [2.24, 2.45) is 11.3 Å². The van der Waals surface area contributed by atoms with Crippen LogP contribution in [0.5, 0.6) is 5.75 Å². The first-order chi connectivity index (χ1) is 14.9. The highest BCUT2D eigenvalue weighted by Gasteiger charge is 2.60. The number of rotatable bonds is 8. The van der Waals surface area contributed by atoms with Gasteiger partial charge in [-0.3, -0.25) is 14.9 Å². The summed E-state index contributed by atoms with van der Waals surface area (Å²) >= 11 is 5.65. The van der Waals surface area contributed by atoms with Crippen LogP contribution in [-0.4, -0.2) is 49.8 Å². The van der Waals surface area contributed by atoms with Crippen molar-refractivity contribution < 1.29 is 18.7 Å². The molecule has 9 heteroatoms. The molecule has 3 atom stereocenters. The number of halogens is 2. The number of hydrogen-bond acceptors (Lipinski definition) is 5. The van der Waals surface area contributed by atoms with Crippen molar-refractivity contribution in [1.82, 2.24) is 21.3 Å². The van der Waals surface area contributed by atoms with E-state index in [1.165, 1.54) is 12.1 Å². The van der Waals surface area contributed by atoms with Crippen molar-refractivity contribution in [3.8, 4) is 5.75 Å². The highest BCUT2D eigenvalue weighted by atomic mass is 35.5. The molecule has 31 heavy (non-hydrogen) atoms. The largest absolute Gasteiger partial charge is 0.484 e. The summed E-state index contributed by atoms with van der Waals surface area (Å²) in [5, 5.41) is 13.0. The van der Waals surface area contributed by atoms with Crippen molar-refractivity contribution >= 4 is 23.4 Å². The lowest BCUT2D eigenvalue weighted by Gasteiger charge is -2.38. The molecular formula is C22H30ClFN4O3. The van der Waals surface area contributed by atoms with Gasteiger partial charge in [-0.1, -0.05) is 18.5 Å². The van der Waals surface area contributed by atoms with Gasteiger partial charge in [0.25, 0.3) is 5.91 Å². The summed E-state index contributed by atoms with van der Waals surface area (Å²) in [6, 6.07) is 4.32. The third-order valence-electron chi connectivity index (χ3n) is 6.81. The molecule has 1 saturated heterocycles. The van der Waals surface area contributed by atoms with Crippen molar-refractivity contribution in [3.05, 3.63) is 29.0 Å². The van der Waals surface area contributed by atoms with Gasteiger partial charge in [-0.05, 0) is 56.7 Å². The Kier molecular flexibility index (Phi) is 6.69. The summed E-state index contributed by atoms with van der Waals surface area (Å²) in [7, 11) is 0. The van der Waals surface area contributed by atoms with Gasteiger partial charge in [0.05, 0.1) is 16.6 Å². The first-order valence-electron chi connectivity index (χ1n) is 11.0. The molecule has 7 nitrogen and oxygen atoms in total. The first kappa shape index (κ1) is 22.3. The standard InChI is InChI=1S/C22H30ClFN4O3/c1-2-19-25-6-5-14(27-19)11-26-21(30)22-8-13(9-22)18(10-22)28-20(29)12-31-15-3-4-16(23)17(24)7-15/h3-4,7,13-14,18-19,25,27H,2,5-6,8-12H2,1H3,(H,26,30)(H,28,29)/t13?,14?,18-,19?,22?/m0/s1. The molecule has 1 aromatic rings. The van der Waals surface area contributed by atoms with Gasteiger partial charge in [0.1, 0.15) is 11.6 Å². The molecule has 3 saturated carbocycles. The molecule has 1 aliphatic heterocycles. The van der Waals surface area contributed by atoms with Gasteiger partial charge in [0.15, 0.2) is 6.61 Å². The number of nitrogens with one attached hydrogen (secondary N) is 4. The van der Waals surface area contributed by atoms with Crippen molar-refractivity contribution in [2.45, 2.75) is 57.3 Å². The Morgan fingerprint density at radius 1 is 1.32 bits per heavy atom. The second-order valence-electron chi connectivity index (χ2n) is 8.97. The van der Waals surface area contributed by atoms with Gasteiger partial charge in [0.2, 0.25) is 5.91 Å². The lowest BCUT2D eigenvalue weighted by Crippen LogP contribution is -2.57. The van der Waals surface area contributed by atoms with Crippen LogP contribution in [0.1, 0.15) is 39.0 Å². The van der Waals surface area contributed by atoms with Crippen molar-refractivity contribution in [2.75, 3.05) is 19.7 Å². The van der Waals surface area contributed by atoms with Crippen LogP contribution in [0.4, 0.5) is 4.39 Å². The smallest absolute Gasteiger partial charge is 0.258 e. The van der Waals surface area contributed by atoms with E-state index < -0.39 is 5.82 Å². The number of hydrogen-bond donors (Lipinski definition) is 4. The molecule has 1 heterocycles. The van der Waals surface area contributed by atoms with Gasteiger partial charge >= 0.3 is 0 Å². The molecule has 0 spiro atoms. The van der Waals surface area contributed by atoms with E-state index in [9.17, 15) is 14.0 Å². The maximum atomic E-state index is 13.5. The minimum atomic E-state index is -0.589. The Balaban J connectivity index is 1.21. The van der Waals surface area contributed by atoms with E-state index in [1.54, 1.807) is 0 Å². The molecule has 4 N–H and O–H groups in total. The summed E-state index contributed by atoms with van der Waals surface area (Å²) in [5.41, 5.74) is -0.361. The molecule has 3 aliphatic carbocycles. The van der Waals surface area contributed by atoms with Gasteiger partial charge in [-0.2, -0.15) is 0 Å². The number of ether oxygens (including phenoxy) is 1. The van der Waals surface area contributed by atoms with Crippen LogP contribution in [0.25, 0.3) is 0 Å². The maximum absolute atomic E-state index is 13.5. The van der Waals surface area contributed by atoms with Gasteiger partial charge in [-0.15, -0.1) is 0 Å². The van der Waals surface area contributed by atoms with E-state index in [0.717, 1.165) is 38.3 Å². The molecule has 0 aromatic heterocycles. The maximum Gasteiger partial charge on any atom is 0.258 e. The van der Waals surface area contributed by atoms with Crippen molar-refractivity contribution in [1.29, 1.82) is 0 Å². The second-order valence-corrected chi connectivity index (χ2v) is 9.38.